The van der Waals surface area contributed by atoms with Gasteiger partial charge in [-0.3, -0.25) is 4.90 Å². The molecule has 144 valence electrons. The Morgan fingerprint density at radius 3 is 2.36 bits per heavy atom. The van der Waals surface area contributed by atoms with E-state index in [1.165, 1.54) is 0 Å². The summed E-state index contributed by atoms with van der Waals surface area (Å²) >= 11 is 0. The molecule has 2 rings (SSSR count). The van der Waals surface area contributed by atoms with Crippen molar-refractivity contribution in [3.63, 3.8) is 0 Å². The molecule has 4 heteroatoms. The van der Waals surface area contributed by atoms with Crippen LogP contribution in [0.2, 0.25) is 0 Å². The number of carbonyl (C=O) groups is 1. The molecular formula is C21H37NO3. The molecule has 0 saturated carbocycles. The van der Waals surface area contributed by atoms with Crippen LogP contribution in [0.5, 0.6) is 0 Å². The van der Waals surface area contributed by atoms with Crippen LogP contribution in [0.3, 0.4) is 0 Å². The van der Waals surface area contributed by atoms with Crippen LogP contribution in [0.1, 0.15) is 68.7 Å². The van der Waals surface area contributed by atoms with E-state index in [0.29, 0.717) is 6.61 Å². The van der Waals surface area contributed by atoms with Gasteiger partial charge in [0.15, 0.2) is 0 Å². The standard InChI is InChI=1S/C17H25NO3.2C2H6/c1-16(2,3)21-15(19)18-14(12-20-17(18,4)5)13-10-8-6-7-9-11-13;2*1-2/h6-8,10-11,14H,9,12H2,1-5H3;2*1-2H3. The smallest absolute Gasteiger partial charge is 0.413 e. The fraction of sp³-hybridized carbons (Fsp3) is 0.667. The SMILES string of the molecule is CC.CC.CC(C)(C)OC(=O)N1C(C2=CCC=CC=C2)COC1(C)C. The lowest BCUT2D eigenvalue weighted by Crippen LogP contribution is -2.50. The molecule has 0 radical (unpaired) electrons. The highest BCUT2D eigenvalue weighted by atomic mass is 16.6. The minimum atomic E-state index is -0.665. The summed E-state index contributed by atoms with van der Waals surface area (Å²) in [6, 6.07) is -0.106. The first-order chi connectivity index (χ1) is 11.7. The second-order valence-corrected chi connectivity index (χ2v) is 6.85. The fourth-order valence-electron chi connectivity index (χ4n) is 2.55. The average Bonchev–Trinajstić information content (AvgIpc) is 2.71. The van der Waals surface area contributed by atoms with E-state index in [1.54, 1.807) is 4.90 Å². The summed E-state index contributed by atoms with van der Waals surface area (Å²) in [5, 5.41) is 0. The molecule has 0 N–H and O–H groups in total. The summed E-state index contributed by atoms with van der Waals surface area (Å²) < 4.78 is 11.4. The van der Waals surface area contributed by atoms with Crippen molar-refractivity contribution in [2.24, 2.45) is 0 Å². The van der Waals surface area contributed by atoms with Gasteiger partial charge < -0.3 is 9.47 Å². The van der Waals surface area contributed by atoms with Gasteiger partial charge in [-0.05, 0) is 46.6 Å². The summed E-state index contributed by atoms with van der Waals surface area (Å²) in [6.45, 7) is 17.9. The first-order valence-corrected chi connectivity index (χ1v) is 9.40. The van der Waals surface area contributed by atoms with E-state index in [9.17, 15) is 4.79 Å². The Labute approximate surface area is 154 Å². The first kappa shape index (κ1) is 23.4. The van der Waals surface area contributed by atoms with Crippen LogP contribution in [0.4, 0.5) is 4.79 Å². The van der Waals surface area contributed by atoms with Crippen molar-refractivity contribution in [2.45, 2.75) is 86.1 Å². The molecule has 25 heavy (non-hydrogen) atoms. The molecule has 0 aromatic rings. The molecule has 1 aliphatic carbocycles. The molecule has 1 amide bonds. The molecule has 1 heterocycles. The van der Waals surface area contributed by atoms with Crippen molar-refractivity contribution in [2.75, 3.05) is 6.61 Å². The van der Waals surface area contributed by atoms with Crippen LogP contribution in [0.25, 0.3) is 0 Å². The zero-order valence-electron chi connectivity index (χ0n) is 17.6. The summed E-state index contributed by atoms with van der Waals surface area (Å²) in [4.78, 5) is 14.3. The number of allylic oxidation sites excluding steroid dienone is 4. The maximum atomic E-state index is 12.6. The number of carbonyl (C=O) groups excluding carboxylic acids is 1. The molecule has 1 fully saturated rings. The maximum Gasteiger partial charge on any atom is 0.413 e. The van der Waals surface area contributed by atoms with Crippen molar-refractivity contribution in [1.82, 2.24) is 4.90 Å². The van der Waals surface area contributed by atoms with Crippen LogP contribution in [0, 0.1) is 0 Å². The van der Waals surface area contributed by atoms with Gasteiger partial charge in [-0.25, -0.2) is 4.79 Å². The Morgan fingerprint density at radius 2 is 1.80 bits per heavy atom. The number of hydrogen-bond donors (Lipinski definition) is 0. The zero-order chi connectivity index (χ0) is 19.7. The van der Waals surface area contributed by atoms with Crippen LogP contribution >= 0.6 is 0 Å². The number of rotatable bonds is 1. The monoisotopic (exact) mass is 351 g/mol. The van der Waals surface area contributed by atoms with Gasteiger partial charge in [-0.2, -0.15) is 0 Å². The molecule has 1 aliphatic heterocycles. The van der Waals surface area contributed by atoms with Crippen LogP contribution in [-0.4, -0.2) is 35.0 Å². The van der Waals surface area contributed by atoms with Crippen LogP contribution < -0.4 is 0 Å². The third-order valence-corrected chi connectivity index (χ3v) is 3.49. The van der Waals surface area contributed by atoms with Crippen LogP contribution in [0.15, 0.2) is 36.0 Å². The Bertz CT molecular complexity index is 496. The van der Waals surface area contributed by atoms with Crippen molar-refractivity contribution in [1.29, 1.82) is 0 Å². The van der Waals surface area contributed by atoms with Gasteiger partial charge in [0.25, 0.3) is 0 Å². The fourth-order valence-corrected chi connectivity index (χ4v) is 2.55. The minimum absolute atomic E-state index is 0.106. The van der Waals surface area contributed by atoms with Crippen molar-refractivity contribution in [3.05, 3.63) is 36.0 Å². The summed E-state index contributed by atoms with van der Waals surface area (Å²) in [6.07, 6.45) is 10.8. The maximum absolute atomic E-state index is 12.6. The number of amides is 1. The molecular weight excluding hydrogens is 314 g/mol. The third-order valence-electron chi connectivity index (χ3n) is 3.49. The first-order valence-electron chi connectivity index (χ1n) is 9.40. The summed E-state index contributed by atoms with van der Waals surface area (Å²) in [5.74, 6) is 0. The van der Waals surface area contributed by atoms with E-state index in [4.69, 9.17) is 9.47 Å². The second kappa shape index (κ2) is 10.4. The summed E-state index contributed by atoms with van der Waals surface area (Å²) in [7, 11) is 0. The predicted octanol–water partition coefficient (Wildman–Crippen LogP) is 5.85. The van der Waals surface area contributed by atoms with Gasteiger partial charge in [0.05, 0.1) is 12.6 Å². The molecule has 2 aliphatic rings. The molecule has 1 saturated heterocycles. The van der Waals surface area contributed by atoms with Gasteiger partial charge in [0.2, 0.25) is 0 Å². The normalized spacial score (nSPS) is 21.2. The predicted molar refractivity (Wildman–Crippen MR) is 106 cm³/mol. The van der Waals surface area contributed by atoms with Crippen LogP contribution in [-0.2, 0) is 9.47 Å². The second-order valence-electron chi connectivity index (χ2n) is 6.85. The molecule has 0 aromatic heterocycles. The topological polar surface area (TPSA) is 38.8 Å². The number of nitrogens with zero attached hydrogens (tertiary/aromatic N) is 1. The number of hydrogen-bond acceptors (Lipinski definition) is 3. The Morgan fingerprint density at radius 1 is 1.20 bits per heavy atom. The highest BCUT2D eigenvalue weighted by molar-refractivity contribution is 5.70. The van der Waals surface area contributed by atoms with E-state index < -0.39 is 11.3 Å². The van der Waals surface area contributed by atoms with Crippen molar-refractivity contribution in [3.8, 4) is 0 Å². The Hall–Kier alpha value is -1.55. The van der Waals surface area contributed by atoms with E-state index in [2.05, 4.69) is 12.2 Å². The average molecular weight is 352 g/mol. The quantitative estimate of drug-likeness (QED) is 0.594. The van der Waals surface area contributed by atoms with E-state index in [-0.39, 0.29) is 12.1 Å². The largest absolute Gasteiger partial charge is 0.444 e. The third kappa shape index (κ3) is 7.07. The number of ether oxygens (including phenoxy) is 2. The zero-order valence-corrected chi connectivity index (χ0v) is 17.6. The lowest BCUT2D eigenvalue weighted by molar-refractivity contribution is -0.0612. The van der Waals surface area contributed by atoms with Crippen molar-refractivity contribution < 1.29 is 14.3 Å². The van der Waals surface area contributed by atoms with E-state index in [0.717, 1.165) is 12.0 Å². The molecule has 0 bridgehead atoms. The van der Waals surface area contributed by atoms with Gasteiger partial charge in [-0.1, -0.05) is 58.1 Å². The molecule has 1 unspecified atom stereocenters. The highest BCUT2D eigenvalue weighted by Crippen LogP contribution is 2.33. The highest BCUT2D eigenvalue weighted by Gasteiger charge is 2.46. The van der Waals surface area contributed by atoms with Crippen molar-refractivity contribution >= 4 is 6.09 Å². The van der Waals surface area contributed by atoms with Gasteiger partial charge in [-0.15, -0.1) is 0 Å². The molecule has 4 nitrogen and oxygen atoms in total. The lowest BCUT2D eigenvalue weighted by atomic mass is 10.0. The Balaban J connectivity index is 0.00000134. The van der Waals surface area contributed by atoms with E-state index >= 15 is 0 Å². The van der Waals surface area contributed by atoms with Gasteiger partial charge >= 0.3 is 6.09 Å². The summed E-state index contributed by atoms with van der Waals surface area (Å²) in [5.41, 5.74) is -0.0897. The molecule has 1 atom stereocenters. The van der Waals surface area contributed by atoms with Gasteiger partial charge in [0, 0.05) is 0 Å². The molecule has 0 aromatic carbocycles. The van der Waals surface area contributed by atoms with E-state index in [1.807, 2.05) is 80.5 Å². The Kier molecular flexibility index (Phi) is 9.80. The van der Waals surface area contributed by atoms with Gasteiger partial charge in [0.1, 0.15) is 11.3 Å². The molecule has 0 spiro atoms. The minimum Gasteiger partial charge on any atom is -0.444 e. The lowest BCUT2D eigenvalue weighted by Gasteiger charge is -2.35.